The number of benzene rings is 1. The van der Waals surface area contributed by atoms with Gasteiger partial charge in [-0.25, -0.2) is 4.98 Å². The Morgan fingerprint density at radius 2 is 2.07 bits per heavy atom. The molecule has 1 aromatic carbocycles. The van der Waals surface area contributed by atoms with Gasteiger partial charge in [0.15, 0.2) is 0 Å². The Bertz CT molecular complexity index is 728. The standard InChI is InChI=1S/C12H13NOS.C9H18N2O/c1-8-4-5-11(14-3)10(6-8)12-13-9(2)7-15-12;1-3-11(4-2)9-5-6-10(7-9)8-12/h4-7H,1-3H3;8-9H,3-7H2,1-2H3. The van der Waals surface area contributed by atoms with Crippen LogP contribution in [0, 0.1) is 13.8 Å². The summed E-state index contributed by atoms with van der Waals surface area (Å²) in [6, 6.07) is 6.74. The molecule has 27 heavy (non-hydrogen) atoms. The maximum Gasteiger partial charge on any atom is 0.209 e. The van der Waals surface area contributed by atoms with Crippen molar-refractivity contribution < 1.29 is 9.53 Å². The summed E-state index contributed by atoms with van der Waals surface area (Å²) in [6.07, 6.45) is 2.10. The lowest BCUT2D eigenvalue weighted by Gasteiger charge is -2.25. The maximum atomic E-state index is 10.5. The molecule has 0 saturated carbocycles. The molecule has 1 aliphatic heterocycles. The fraction of sp³-hybridized carbons (Fsp3) is 0.524. The molecule has 148 valence electrons. The van der Waals surface area contributed by atoms with Crippen LogP contribution in [0.5, 0.6) is 5.75 Å². The topological polar surface area (TPSA) is 45.7 Å². The predicted molar refractivity (Wildman–Crippen MR) is 113 cm³/mol. The van der Waals surface area contributed by atoms with Gasteiger partial charge in [-0.1, -0.05) is 25.5 Å². The molecule has 1 fully saturated rings. The van der Waals surface area contributed by atoms with E-state index >= 15 is 0 Å². The minimum Gasteiger partial charge on any atom is -0.496 e. The Labute approximate surface area is 167 Å². The van der Waals surface area contributed by atoms with Crippen molar-refractivity contribution in [1.82, 2.24) is 14.8 Å². The molecule has 6 heteroatoms. The van der Waals surface area contributed by atoms with Crippen LogP contribution >= 0.6 is 11.3 Å². The van der Waals surface area contributed by atoms with E-state index in [2.05, 4.69) is 42.1 Å². The third-order valence-corrected chi connectivity index (χ3v) is 5.87. The second-order valence-electron chi connectivity index (χ2n) is 6.76. The quantitative estimate of drug-likeness (QED) is 0.701. The Hall–Kier alpha value is -1.92. The molecular weight excluding hydrogens is 358 g/mol. The number of thiazole rings is 1. The first-order chi connectivity index (χ1) is 13.0. The molecule has 0 spiro atoms. The molecule has 3 rings (SSSR count). The number of rotatable bonds is 6. The van der Waals surface area contributed by atoms with Crippen molar-refractivity contribution in [2.45, 2.75) is 40.2 Å². The molecule has 1 unspecified atom stereocenters. The van der Waals surface area contributed by atoms with Crippen LogP contribution in [0.25, 0.3) is 10.6 Å². The minimum atomic E-state index is 0.602. The number of likely N-dealkylation sites (tertiary alicyclic amines) is 1. The van der Waals surface area contributed by atoms with Gasteiger partial charge in [-0.2, -0.15) is 0 Å². The summed E-state index contributed by atoms with van der Waals surface area (Å²) in [5, 5.41) is 3.07. The van der Waals surface area contributed by atoms with Crippen LogP contribution in [0.15, 0.2) is 23.6 Å². The van der Waals surface area contributed by atoms with Gasteiger partial charge in [0.2, 0.25) is 6.41 Å². The number of hydrogen-bond donors (Lipinski definition) is 0. The number of aromatic nitrogens is 1. The van der Waals surface area contributed by atoms with Gasteiger partial charge in [0.25, 0.3) is 0 Å². The van der Waals surface area contributed by atoms with Crippen molar-refractivity contribution in [3.63, 3.8) is 0 Å². The third kappa shape index (κ3) is 5.78. The van der Waals surface area contributed by atoms with Crippen LogP contribution in [0.3, 0.4) is 0 Å². The zero-order chi connectivity index (χ0) is 19.8. The van der Waals surface area contributed by atoms with Crippen molar-refractivity contribution in [1.29, 1.82) is 0 Å². The van der Waals surface area contributed by atoms with E-state index in [1.54, 1.807) is 18.4 Å². The highest BCUT2D eigenvalue weighted by Crippen LogP contribution is 2.32. The number of aryl methyl sites for hydroxylation is 2. The number of ether oxygens (including phenoxy) is 1. The SMILES string of the molecule is CCN(CC)C1CCN(C=O)C1.COc1ccc(C)cc1-c1nc(C)cs1. The van der Waals surface area contributed by atoms with Gasteiger partial charge in [-0.15, -0.1) is 11.3 Å². The second-order valence-corrected chi connectivity index (χ2v) is 7.62. The number of carbonyl (C=O) groups is 1. The van der Waals surface area contributed by atoms with Crippen molar-refractivity contribution in [3.05, 3.63) is 34.8 Å². The van der Waals surface area contributed by atoms with Crippen molar-refractivity contribution >= 4 is 17.7 Å². The molecule has 2 aromatic rings. The Morgan fingerprint density at radius 1 is 1.33 bits per heavy atom. The molecule has 1 aromatic heterocycles. The summed E-state index contributed by atoms with van der Waals surface area (Å²) in [7, 11) is 1.69. The summed E-state index contributed by atoms with van der Waals surface area (Å²) in [6.45, 7) is 12.5. The number of amides is 1. The highest BCUT2D eigenvalue weighted by atomic mass is 32.1. The number of nitrogens with zero attached hydrogens (tertiary/aromatic N) is 3. The molecule has 0 aliphatic carbocycles. The zero-order valence-corrected chi connectivity index (χ0v) is 17.9. The molecule has 1 aliphatic rings. The lowest BCUT2D eigenvalue weighted by molar-refractivity contribution is -0.117. The van der Waals surface area contributed by atoms with Crippen LogP contribution in [-0.2, 0) is 4.79 Å². The van der Waals surface area contributed by atoms with E-state index in [1.165, 1.54) is 5.56 Å². The van der Waals surface area contributed by atoms with E-state index < -0.39 is 0 Å². The molecule has 5 nitrogen and oxygen atoms in total. The largest absolute Gasteiger partial charge is 0.496 e. The molecular formula is C21H31N3O2S. The molecule has 0 bridgehead atoms. The number of carbonyl (C=O) groups excluding carboxylic acids is 1. The lowest BCUT2D eigenvalue weighted by Crippen LogP contribution is -2.37. The monoisotopic (exact) mass is 389 g/mol. The summed E-state index contributed by atoms with van der Waals surface area (Å²) in [4.78, 5) is 19.2. The second kappa shape index (κ2) is 10.4. The average Bonchev–Trinajstić information content (AvgIpc) is 3.32. The van der Waals surface area contributed by atoms with Gasteiger partial charge in [0, 0.05) is 30.2 Å². The Kier molecular flexibility index (Phi) is 8.25. The van der Waals surface area contributed by atoms with Gasteiger partial charge >= 0.3 is 0 Å². The predicted octanol–water partition coefficient (Wildman–Crippen LogP) is 3.99. The maximum absolute atomic E-state index is 10.5. The van der Waals surface area contributed by atoms with Crippen molar-refractivity contribution in [2.24, 2.45) is 0 Å². The van der Waals surface area contributed by atoms with Crippen LogP contribution in [0.2, 0.25) is 0 Å². The fourth-order valence-corrected chi connectivity index (χ4v) is 4.19. The highest BCUT2D eigenvalue weighted by Gasteiger charge is 2.24. The Balaban J connectivity index is 0.000000199. The Morgan fingerprint density at radius 3 is 2.59 bits per heavy atom. The summed E-state index contributed by atoms with van der Waals surface area (Å²) >= 11 is 1.65. The molecule has 2 heterocycles. The van der Waals surface area contributed by atoms with Crippen LogP contribution in [0.1, 0.15) is 31.5 Å². The van der Waals surface area contributed by atoms with Gasteiger partial charge in [-0.05, 0) is 45.5 Å². The van der Waals surface area contributed by atoms with E-state index in [4.69, 9.17) is 4.74 Å². The van der Waals surface area contributed by atoms with Gasteiger partial charge in [-0.3, -0.25) is 9.69 Å². The average molecular weight is 390 g/mol. The van der Waals surface area contributed by atoms with Gasteiger partial charge in [0.05, 0.1) is 12.7 Å². The van der Waals surface area contributed by atoms with Gasteiger partial charge < -0.3 is 9.64 Å². The minimum absolute atomic E-state index is 0.602. The molecule has 0 N–H and O–H groups in total. The molecule has 1 amide bonds. The molecule has 0 radical (unpaired) electrons. The first-order valence-electron chi connectivity index (χ1n) is 9.52. The number of likely N-dealkylation sites (N-methyl/N-ethyl adjacent to an activating group) is 1. The van der Waals surface area contributed by atoms with E-state index in [9.17, 15) is 4.79 Å². The van der Waals surface area contributed by atoms with Crippen LogP contribution in [-0.4, -0.2) is 60.5 Å². The molecule has 1 atom stereocenters. The number of methoxy groups -OCH3 is 1. The molecule has 1 saturated heterocycles. The van der Waals surface area contributed by atoms with E-state index in [-0.39, 0.29) is 0 Å². The summed E-state index contributed by atoms with van der Waals surface area (Å²) < 4.78 is 5.33. The van der Waals surface area contributed by atoms with Crippen molar-refractivity contribution in [2.75, 3.05) is 33.3 Å². The lowest BCUT2D eigenvalue weighted by atomic mass is 10.1. The summed E-state index contributed by atoms with van der Waals surface area (Å²) in [5.74, 6) is 0.884. The highest BCUT2D eigenvalue weighted by molar-refractivity contribution is 7.13. The fourth-order valence-electron chi connectivity index (χ4n) is 3.37. The normalized spacial score (nSPS) is 16.2. The first kappa shape index (κ1) is 21.4. The van der Waals surface area contributed by atoms with E-state index in [0.717, 1.165) is 61.0 Å². The van der Waals surface area contributed by atoms with Gasteiger partial charge in [0.1, 0.15) is 10.8 Å². The first-order valence-corrected chi connectivity index (χ1v) is 10.4. The van der Waals surface area contributed by atoms with Crippen molar-refractivity contribution in [3.8, 4) is 16.3 Å². The van der Waals surface area contributed by atoms with E-state index in [0.29, 0.717) is 6.04 Å². The smallest absolute Gasteiger partial charge is 0.209 e. The van der Waals surface area contributed by atoms with Crippen LogP contribution in [0.4, 0.5) is 0 Å². The van der Waals surface area contributed by atoms with E-state index in [1.807, 2.05) is 24.0 Å². The number of hydrogen-bond acceptors (Lipinski definition) is 5. The third-order valence-electron chi connectivity index (χ3n) is 4.88. The van der Waals surface area contributed by atoms with Crippen LogP contribution < -0.4 is 4.74 Å². The zero-order valence-electron chi connectivity index (χ0n) is 17.1. The summed E-state index contributed by atoms with van der Waals surface area (Å²) in [5.41, 5.74) is 3.35.